The van der Waals surface area contributed by atoms with Crippen LogP contribution in [0.15, 0.2) is 23.1 Å². The van der Waals surface area contributed by atoms with Crippen LogP contribution in [0.25, 0.3) is 0 Å². The Morgan fingerprint density at radius 2 is 2.05 bits per heavy atom. The lowest BCUT2D eigenvalue weighted by Gasteiger charge is -2.29. The number of hydrogen-bond acceptors (Lipinski definition) is 4. The van der Waals surface area contributed by atoms with E-state index in [9.17, 15) is 8.42 Å². The summed E-state index contributed by atoms with van der Waals surface area (Å²) in [7, 11) is -3.53. The summed E-state index contributed by atoms with van der Waals surface area (Å²) in [4.78, 5) is 0.265. The predicted octanol–water partition coefficient (Wildman–Crippen LogP) is 1.94. The van der Waals surface area contributed by atoms with E-state index in [1.807, 2.05) is 13.8 Å². The maximum Gasteiger partial charge on any atom is 0.240 e. The molecule has 0 radical (unpaired) electrons. The molecule has 0 aromatic heterocycles. The van der Waals surface area contributed by atoms with Crippen LogP contribution in [-0.4, -0.2) is 27.1 Å². The third-order valence-corrected chi connectivity index (χ3v) is 5.37. The monoisotopic (exact) mass is 312 g/mol. The summed E-state index contributed by atoms with van der Waals surface area (Å²) in [5.41, 5.74) is 6.82. The summed E-state index contributed by atoms with van der Waals surface area (Å²) >= 11 is 0. The van der Waals surface area contributed by atoms with Crippen molar-refractivity contribution in [2.45, 2.75) is 56.5 Å². The fraction of sp³-hybridized carbons (Fsp3) is 0.600. The van der Waals surface area contributed by atoms with Gasteiger partial charge in [0.1, 0.15) is 5.75 Å². The molecule has 6 heteroatoms. The Kier molecular flexibility index (Phi) is 5.24. The molecule has 1 saturated carbocycles. The van der Waals surface area contributed by atoms with Gasteiger partial charge in [-0.1, -0.05) is 12.8 Å². The van der Waals surface area contributed by atoms with Crippen LogP contribution in [0.2, 0.25) is 0 Å². The van der Waals surface area contributed by atoms with E-state index in [1.165, 1.54) is 0 Å². The number of aryl methyl sites for hydroxylation is 1. The molecule has 3 N–H and O–H groups in total. The third kappa shape index (κ3) is 3.96. The van der Waals surface area contributed by atoms with E-state index in [1.54, 1.807) is 18.2 Å². The summed E-state index contributed by atoms with van der Waals surface area (Å²) in [5.74, 6) is 0.714. The van der Waals surface area contributed by atoms with Gasteiger partial charge in [0.05, 0.1) is 11.5 Å². The van der Waals surface area contributed by atoms with E-state index in [4.69, 9.17) is 10.5 Å². The number of nitrogens with one attached hydrogen (secondary N) is 1. The van der Waals surface area contributed by atoms with Crippen LogP contribution in [0, 0.1) is 6.92 Å². The summed E-state index contributed by atoms with van der Waals surface area (Å²) < 4.78 is 33.1. The molecule has 2 rings (SSSR count). The molecule has 0 aliphatic heterocycles. The van der Waals surface area contributed by atoms with Crippen molar-refractivity contribution in [3.63, 3.8) is 0 Å². The molecule has 1 aromatic rings. The smallest absolute Gasteiger partial charge is 0.240 e. The van der Waals surface area contributed by atoms with Gasteiger partial charge in [0, 0.05) is 12.1 Å². The lowest BCUT2D eigenvalue weighted by molar-refractivity contribution is 0.337. The Morgan fingerprint density at radius 1 is 1.33 bits per heavy atom. The van der Waals surface area contributed by atoms with Crippen molar-refractivity contribution < 1.29 is 13.2 Å². The van der Waals surface area contributed by atoms with Crippen LogP contribution >= 0.6 is 0 Å². The molecule has 1 fully saturated rings. The van der Waals surface area contributed by atoms with Crippen LogP contribution in [0.1, 0.15) is 38.2 Å². The molecule has 0 spiro atoms. The molecule has 0 amide bonds. The molecule has 1 aliphatic rings. The van der Waals surface area contributed by atoms with E-state index in [0.717, 1.165) is 31.2 Å². The Morgan fingerprint density at radius 3 is 2.67 bits per heavy atom. The van der Waals surface area contributed by atoms with Gasteiger partial charge in [-0.15, -0.1) is 0 Å². The van der Waals surface area contributed by atoms with Crippen LogP contribution in [0.4, 0.5) is 0 Å². The van der Waals surface area contributed by atoms with E-state index in [-0.39, 0.29) is 17.0 Å². The van der Waals surface area contributed by atoms with Gasteiger partial charge >= 0.3 is 0 Å². The molecule has 0 saturated heterocycles. The lowest BCUT2D eigenvalue weighted by Crippen LogP contribution is -2.49. The SMILES string of the molecule is CCOc1ccc(S(=O)(=O)N[C@@H]2CCCC[C@H]2N)cc1C. The van der Waals surface area contributed by atoms with Gasteiger partial charge < -0.3 is 10.5 Å². The number of hydrogen-bond donors (Lipinski definition) is 2. The fourth-order valence-corrected chi connectivity index (χ4v) is 4.09. The number of rotatable bonds is 5. The number of benzene rings is 1. The Labute approximate surface area is 126 Å². The first-order valence-corrected chi connectivity index (χ1v) is 8.93. The normalized spacial score (nSPS) is 23.0. The number of ether oxygens (including phenoxy) is 1. The van der Waals surface area contributed by atoms with Crippen molar-refractivity contribution in [3.8, 4) is 5.75 Å². The van der Waals surface area contributed by atoms with Gasteiger partial charge in [-0.2, -0.15) is 0 Å². The average Bonchev–Trinajstić information content (AvgIpc) is 2.43. The zero-order chi connectivity index (χ0) is 15.5. The Hall–Kier alpha value is -1.11. The molecule has 0 unspecified atom stereocenters. The second kappa shape index (κ2) is 6.77. The highest BCUT2D eigenvalue weighted by atomic mass is 32.2. The summed E-state index contributed by atoms with van der Waals surface area (Å²) in [6.45, 7) is 4.30. The minimum absolute atomic E-state index is 0.0997. The van der Waals surface area contributed by atoms with Crippen molar-refractivity contribution >= 4 is 10.0 Å². The van der Waals surface area contributed by atoms with Crippen molar-refractivity contribution in [1.82, 2.24) is 4.72 Å². The van der Waals surface area contributed by atoms with E-state index >= 15 is 0 Å². The van der Waals surface area contributed by atoms with E-state index in [0.29, 0.717) is 12.4 Å². The highest BCUT2D eigenvalue weighted by Crippen LogP contribution is 2.23. The van der Waals surface area contributed by atoms with Gasteiger partial charge in [0.15, 0.2) is 0 Å². The van der Waals surface area contributed by atoms with E-state index in [2.05, 4.69) is 4.72 Å². The van der Waals surface area contributed by atoms with Crippen molar-refractivity contribution in [2.75, 3.05) is 6.61 Å². The molecule has 5 nitrogen and oxygen atoms in total. The fourth-order valence-electron chi connectivity index (χ4n) is 2.68. The topological polar surface area (TPSA) is 81.4 Å². The molecule has 2 atom stereocenters. The highest BCUT2D eigenvalue weighted by molar-refractivity contribution is 7.89. The van der Waals surface area contributed by atoms with Crippen molar-refractivity contribution in [2.24, 2.45) is 5.73 Å². The minimum atomic E-state index is -3.53. The molecular weight excluding hydrogens is 288 g/mol. The Balaban J connectivity index is 2.17. The summed E-state index contributed by atoms with van der Waals surface area (Å²) in [6, 6.07) is 4.65. The first-order valence-electron chi connectivity index (χ1n) is 7.45. The summed E-state index contributed by atoms with van der Waals surface area (Å²) in [6.07, 6.45) is 3.76. The van der Waals surface area contributed by atoms with Gasteiger partial charge in [0.2, 0.25) is 10.0 Å². The highest BCUT2D eigenvalue weighted by Gasteiger charge is 2.27. The van der Waals surface area contributed by atoms with Crippen LogP contribution in [-0.2, 0) is 10.0 Å². The van der Waals surface area contributed by atoms with Crippen LogP contribution in [0.5, 0.6) is 5.75 Å². The molecule has 21 heavy (non-hydrogen) atoms. The molecule has 1 aromatic carbocycles. The van der Waals surface area contributed by atoms with Crippen LogP contribution in [0.3, 0.4) is 0 Å². The predicted molar refractivity (Wildman–Crippen MR) is 82.9 cm³/mol. The third-order valence-electron chi connectivity index (χ3n) is 3.88. The van der Waals surface area contributed by atoms with Gasteiger partial charge in [0.25, 0.3) is 0 Å². The second-order valence-corrected chi connectivity index (χ2v) is 7.25. The first kappa shape index (κ1) is 16.3. The molecule has 0 bridgehead atoms. The maximum absolute atomic E-state index is 12.5. The largest absolute Gasteiger partial charge is 0.494 e. The lowest BCUT2D eigenvalue weighted by atomic mass is 9.92. The zero-order valence-electron chi connectivity index (χ0n) is 12.6. The zero-order valence-corrected chi connectivity index (χ0v) is 13.4. The van der Waals surface area contributed by atoms with Gasteiger partial charge in [-0.3, -0.25) is 0 Å². The minimum Gasteiger partial charge on any atom is -0.494 e. The quantitative estimate of drug-likeness (QED) is 0.870. The van der Waals surface area contributed by atoms with Crippen LogP contribution < -0.4 is 15.2 Å². The standard InChI is InChI=1S/C15H24N2O3S/c1-3-20-15-9-8-12(10-11(15)2)21(18,19)17-14-7-5-4-6-13(14)16/h8-10,13-14,17H,3-7,16H2,1-2H3/t13-,14-/m1/s1. The molecule has 118 valence electrons. The Bertz CT molecular complexity index is 587. The van der Waals surface area contributed by atoms with Gasteiger partial charge in [-0.25, -0.2) is 13.1 Å². The first-order chi connectivity index (χ1) is 9.94. The molecule has 0 heterocycles. The van der Waals surface area contributed by atoms with Gasteiger partial charge in [-0.05, 0) is 50.5 Å². The van der Waals surface area contributed by atoms with Crippen molar-refractivity contribution in [3.05, 3.63) is 23.8 Å². The maximum atomic E-state index is 12.5. The second-order valence-electron chi connectivity index (χ2n) is 5.54. The van der Waals surface area contributed by atoms with Crippen molar-refractivity contribution in [1.29, 1.82) is 0 Å². The number of nitrogens with two attached hydrogens (primary N) is 1. The average molecular weight is 312 g/mol. The van der Waals surface area contributed by atoms with E-state index < -0.39 is 10.0 Å². The summed E-state index contributed by atoms with van der Waals surface area (Å²) in [5, 5.41) is 0. The molecule has 1 aliphatic carbocycles. The molecular formula is C15H24N2O3S. The number of sulfonamides is 1.